The molecule has 1 aromatic rings. The van der Waals surface area contributed by atoms with Gasteiger partial charge in [0.2, 0.25) is 0 Å². The topological polar surface area (TPSA) is 58.1 Å². The van der Waals surface area contributed by atoms with Crippen LogP contribution in [0, 0.1) is 5.92 Å². The van der Waals surface area contributed by atoms with Gasteiger partial charge < -0.3 is 25.0 Å². The van der Waals surface area contributed by atoms with Gasteiger partial charge in [-0.3, -0.25) is 4.99 Å². The van der Waals surface area contributed by atoms with Crippen molar-refractivity contribution in [2.24, 2.45) is 10.9 Å². The van der Waals surface area contributed by atoms with Crippen molar-refractivity contribution < 1.29 is 9.47 Å². The van der Waals surface area contributed by atoms with Crippen LogP contribution in [-0.4, -0.2) is 58.3 Å². The van der Waals surface area contributed by atoms with E-state index in [0.29, 0.717) is 12.5 Å². The van der Waals surface area contributed by atoms with Crippen molar-refractivity contribution >= 4 is 5.96 Å². The molecule has 0 aliphatic carbocycles. The van der Waals surface area contributed by atoms with Crippen molar-refractivity contribution in [1.29, 1.82) is 0 Å². The third kappa shape index (κ3) is 5.81. The fourth-order valence-electron chi connectivity index (χ4n) is 3.24. The van der Waals surface area contributed by atoms with E-state index >= 15 is 0 Å². The minimum atomic E-state index is 0.687. The van der Waals surface area contributed by atoms with Crippen molar-refractivity contribution in [3.8, 4) is 11.5 Å². The smallest absolute Gasteiger partial charge is 0.191 e. The zero-order chi connectivity index (χ0) is 18.1. The Hall–Kier alpha value is -1.95. The van der Waals surface area contributed by atoms with Crippen molar-refractivity contribution in [3.63, 3.8) is 0 Å². The molecule has 2 N–H and O–H groups in total. The molecule has 1 fully saturated rings. The Morgan fingerprint density at radius 1 is 1.24 bits per heavy atom. The standard InChI is InChI=1S/C19H32N4O2/c1-5-9-23-10-8-16(14-23)13-22-19(20-2)21-12-15-6-7-17(24-3)18(11-15)25-4/h6-7,11,16H,5,8-10,12-14H2,1-4H3,(H2,20,21,22). The first kappa shape index (κ1) is 19.4. The molecule has 0 amide bonds. The Morgan fingerprint density at radius 2 is 2.04 bits per heavy atom. The average molecular weight is 348 g/mol. The van der Waals surface area contributed by atoms with Crippen molar-refractivity contribution in [1.82, 2.24) is 15.5 Å². The van der Waals surface area contributed by atoms with Crippen LogP contribution in [0.1, 0.15) is 25.3 Å². The predicted molar refractivity (Wildman–Crippen MR) is 103 cm³/mol. The van der Waals surface area contributed by atoms with E-state index in [2.05, 4.69) is 27.4 Å². The Labute approximate surface area is 151 Å². The Balaban J connectivity index is 1.79. The van der Waals surface area contributed by atoms with Crippen LogP contribution >= 0.6 is 0 Å². The minimum absolute atomic E-state index is 0.687. The molecule has 1 aliphatic rings. The number of nitrogens with one attached hydrogen (secondary N) is 2. The number of benzene rings is 1. The third-order valence-electron chi connectivity index (χ3n) is 4.60. The van der Waals surface area contributed by atoms with E-state index in [4.69, 9.17) is 9.47 Å². The summed E-state index contributed by atoms with van der Waals surface area (Å²) in [5.41, 5.74) is 1.12. The van der Waals surface area contributed by atoms with Gasteiger partial charge in [-0.25, -0.2) is 0 Å². The molecule has 1 saturated heterocycles. The molecule has 140 valence electrons. The molecule has 0 aromatic heterocycles. The van der Waals surface area contributed by atoms with Crippen LogP contribution in [0.15, 0.2) is 23.2 Å². The summed E-state index contributed by atoms with van der Waals surface area (Å²) in [7, 11) is 5.10. The van der Waals surface area contributed by atoms with Crippen LogP contribution in [0.2, 0.25) is 0 Å². The molecule has 1 atom stereocenters. The summed E-state index contributed by atoms with van der Waals surface area (Å²) in [4.78, 5) is 6.87. The van der Waals surface area contributed by atoms with Crippen LogP contribution < -0.4 is 20.1 Å². The second kappa shape index (κ2) is 10.1. The first-order valence-electron chi connectivity index (χ1n) is 9.07. The molecular formula is C19H32N4O2. The summed E-state index contributed by atoms with van der Waals surface area (Å²) in [6.07, 6.45) is 2.49. The molecule has 6 heteroatoms. The third-order valence-corrected chi connectivity index (χ3v) is 4.60. The lowest BCUT2D eigenvalue weighted by Crippen LogP contribution is -2.40. The first-order chi connectivity index (χ1) is 12.2. The lowest BCUT2D eigenvalue weighted by Gasteiger charge is -2.17. The van der Waals surface area contributed by atoms with Gasteiger partial charge in [0.05, 0.1) is 14.2 Å². The molecule has 0 bridgehead atoms. The Bertz CT molecular complexity index is 562. The second-order valence-electron chi connectivity index (χ2n) is 6.45. The van der Waals surface area contributed by atoms with E-state index in [1.807, 2.05) is 25.2 Å². The number of guanidine groups is 1. The summed E-state index contributed by atoms with van der Waals surface area (Å²) >= 11 is 0. The predicted octanol–water partition coefficient (Wildman–Crippen LogP) is 2.10. The van der Waals surface area contributed by atoms with Crippen molar-refractivity contribution in [2.75, 3.05) is 47.4 Å². The summed E-state index contributed by atoms with van der Waals surface area (Å²) in [5, 5.41) is 6.82. The number of ether oxygens (including phenoxy) is 2. The summed E-state index contributed by atoms with van der Waals surface area (Å²) in [6, 6.07) is 5.94. The maximum absolute atomic E-state index is 5.35. The van der Waals surface area contributed by atoms with E-state index in [-0.39, 0.29) is 0 Å². The number of likely N-dealkylation sites (tertiary alicyclic amines) is 1. The van der Waals surface area contributed by atoms with Crippen molar-refractivity contribution in [2.45, 2.75) is 26.3 Å². The molecule has 2 rings (SSSR count). The maximum atomic E-state index is 5.35. The number of nitrogens with zero attached hydrogens (tertiary/aromatic N) is 2. The summed E-state index contributed by atoms with van der Waals surface area (Å²) < 4.78 is 10.6. The lowest BCUT2D eigenvalue weighted by molar-refractivity contribution is 0.324. The number of hydrogen-bond donors (Lipinski definition) is 2. The van der Waals surface area contributed by atoms with E-state index in [1.54, 1.807) is 14.2 Å². The van der Waals surface area contributed by atoms with Crippen LogP contribution in [0.4, 0.5) is 0 Å². The second-order valence-corrected chi connectivity index (χ2v) is 6.45. The summed E-state index contributed by atoms with van der Waals surface area (Å²) in [5.74, 6) is 3.02. The minimum Gasteiger partial charge on any atom is -0.493 e. The molecule has 25 heavy (non-hydrogen) atoms. The molecule has 1 aromatic carbocycles. The van der Waals surface area contributed by atoms with Gasteiger partial charge in [0.15, 0.2) is 17.5 Å². The van der Waals surface area contributed by atoms with Gasteiger partial charge in [0.25, 0.3) is 0 Å². The highest BCUT2D eigenvalue weighted by molar-refractivity contribution is 5.79. The molecule has 1 heterocycles. The SMILES string of the molecule is CCCN1CCC(CNC(=NC)NCc2ccc(OC)c(OC)c2)C1. The average Bonchev–Trinajstić information content (AvgIpc) is 3.09. The lowest BCUT2D eigenvalue weighted by atomic mass is 10.1. The van der Waals surface area contributed by atoms with Crippen LogP contribution in [0.3, 0.4) is 0 Å². The molecule has 1 unspecified atom stereocenters. The van der Waals surface area contributed by atoms with Gasteiger partial charge in [0, 0.05) is 26.7 Å². The molecule has 0 radical (unpaired) electrons. The van der Waals surface area contributed by atoms with E-state index < -0.39 is 0 Å². The Kier molecular flexibility index (Phi) is 7.85. The highest BCUT2D eigenvalue weighted by Crippen LogP contribution is 2.27. The molecule has 0 spiro atoms. The van der Waals surface area contributed by atoms with Crippen LogP contribution in [0.25, 0.3) is 0 Å². The molecule has 1 aliphatic heterocycles. The number of hydrogen-bond acceptors (Lipinski definition) is 4. The zero-order valence-electron chi connectivity index (χ0n) is 16.0. The largest absolute Gasteiger partial charge is 0.493 e. The molecule has 6 nitrogen and oxygen atoms in total. The fraction of sp³-hybridized carbons (Fsp3) is 0.632. The van der Waals surface area contributed by atoms with E-state index in [1.165, 1.54) is 32.5 Å². The van der Waals surface area contributed by atoms with Gasteiger partial charge >= 0.3 is 0 Å². The number of aliphatic imine (C=N–C) groups is 1. The van der Waals surface area contributed by atoms with E-state index in [0.717, 1.165) is 29.6 Å². The highest BCUT2D eigenvalue weighted by atomic mass is 16.5. The monoisotopic (exact) mass is 348 g/mol. The fourth-order valence-corrected chi connectivity index (χ4v) is 3.24. The first-order valence-corrected chi connectivity index (χ1v) is 9.07. The van der Waals surface area contributed by atoms with Gasteiger partial charge in [-0.15, -0.1) is 0 Å². The van der Waals surface area contributed by atoms with Crippen LogP contribution in [-0.2, 0) is 6.54 Å². The van der Waals surface area contributed by atoms with Crippen molar-refractivity contribution in [3.05, 3.63) is 23.8 Å². The quantitative estimate of drug-likeness (QED) is 0.557. The van der Waals surface area contributed by atoms with Gasteiger partial charge in [-0.05, 0) is 49.5 Å². The van der Waals surface area contributed by atoms with Gasteiger partial charge in [-0.1, -0.05) is 13.0 Å². The normalized spacial score (nSPS) is 18.2. The number of rotatable bonds is 8. The Morgan fingerprint density at radius 3 is 2.72 bits per heavy atom. The summed E-state index contributed by atoms with van der Waals surface area (Å²) in [6.45, 7) is 7.51. The van der Waals surface area contributed by atoms with Crippen LogP contribution in [0.5, 0.6) is 11.5 Å². The molecular weight excluding hydrogens is 316 g/mol. The van der Waals surface area contributed by atoms with E-state index in [9.17, 15) is 0 Å². The highest BCUT2D eigenvalue weighted by Gasteiger charge is 2.21. The van der Waals surface area contributed by atoms with Gasteiger partial charge in [0.1, 0.15) is 0 Å². The number of methoxy groups -OCH3 is 2. The maximum Gasteiger partial charge on any atom is 0.191 e. The van der Waals surface area contributed by atoms with Gasteiger partial charge in [-0.2, -0.15) is 0 Å². The molecule has 0 saturated carbocycles. The zero-order valence-corrected chi connectivity index (χ0v) is 16.0.